The van der Waals surface area contributed by atoms with Gasteiger partial charge in [0, 0.05) is 18.2 Å². The van der Waals surface area contributed by atoms with Crippen LogP contribution in [0.15, 0.2) is 72.9 Å². The van der Waals surface area contributed by atoms with Crippen molar-refractivity contribution in [2.45, 2.75) is 33.2 Å². The minimum Gasteiger partial charge on any atom is -0.497 e. The van der Waals surface area contributed by atoms with E-state index >= 15 is 0 Å². The van der Waals surface area contributed by atoms with E-state index in [1.165, 1.54) is 0 Å². The summed E-state index contributed by atoms with van der Waals surface area (Å²) in [5.74, 6) is 2.03. The van der Waals surface area contributed by atoms with E-state index in [4.69, 9.17) is 14.6 Å². The van der Waals surface area contributed by atoms with Crippen LogP contribution in [0.5, 0.6) is 17.4 Å². The normalized spacial score (nSPS) is 10.7. The molecule has 0 aliphatic rings. The number of amides is 1. The fourth-order valence-corrected chi connectivity index (χ4v) is 3.64. The molecule has 0 fully saturated rings. The Morgan fingerprint density at radius 2 is 1.82 bits per heavy atom. The van der Waals surface area contributed by atoms with Gasteiger partial charge in [-0.25, -0.2) is 4.68 Å². The Balaban J connectivity index is 1.57. The molecular weight excluding hydrogens is 428 g/mol. The third kappa shape index (κ3) is 5.61. The monoisotopic (exact) mass is 456 g/mol. The topological polar surface area (TPSA) is 78.3 Å². The number of carbonyl (C=O) groups excluding carboxylic acids is 1. The van der Waals surface area contributed by atoms with E-state index in [1.54, 1.807) is 18.0 Å². The number of pyridine rings is 1. The molecule has 4 rings (SSSR count). The van der Waals surface area contributed by atoms with Crippen LogP contribution in [-0.2, 0) is 17.8 Å². The molecule has 0 spiro atoms. The summed E-state index contributed by atoms with van der Waals surface area (Å²) in [6, 6.07) is 21.1. The maximum atomic E-state index is 12.5. The van der Waals surface area contributed by atoms with Gasteiger partial charge in [-0.3, -0.25) is 9.78 Å². The number of aromatic nitrogens is 3. The average molecular weight is 457 g/mol. The third-order valence-corrected chi connectivity index (χ3v) is 5.45. The van der Waals surface area contributed by atoms with Crippen molar-refractivity contribution in [3.05, 3.63) is 95.4 Å². The molecule has 0 saturated heterocycles. The van der Waals surface area contributed by atoms with E-state index in [9.17, 15) is 4.79 Å². The van der Waals surface area contributed by atoms with Gasteiger partial charge in [-0.2, -0.15) is 5.10 Å². The van der Waals surface area contributed by atoms with Crippen molar-refractivity contribution >= 4 is 5.91 Å². The zero-order valence-electron chi connectivity index (χ0n) is 19.6. The van der Waals surface area contributed by atoms with Crippen molar-refractivity contribution in [2.75, 3.05) is 7.11 Å². The summed E-state index contributed by atoms with van der Waals surface area (Å²) in [6.07, 6.45) is 2.52. The lowest BCUT2D eigenvalue weighted by molar-refractivity contribution is -0.121. The highest BCUT2D eigenvalue weighted by Crippen LogP contribution is 2.32. The lowest BCUT2D eigenvalue weighted by Crippen LogP contribution is -2.23. The van der Waals surface area contributed by atoms with E-state index in [0.29, 0.717) is 25.3 Å². The molecule has 0 unspecified atom stereocenters. The van der Waals surface area contributed by atoms with E-state index in [-0.39, 0.29) is 5.91 Å². The van der Waals surface area contributed by atoms with Gasteiger partial charge in [-0.15, -0.1) is 0 Å². The van der Waals surface area contributed by atoms with E-state index < -0.39 is 0 Å². The Morgan fingerprint density at radius 1 is 1.00 bits per heavy atom. The molecule has 7 nitrogen and oxygen atoms in total. The predicted octanol–water partition coefficient (Wildman–Crippen LogP) is 4.93. The summed E-state index contributed by atoms with van der Waals surface area (Å²) in [6.45, 7) is 4.35. The maximum Gasteiger partial charge on any atom is 0.226 e. The molecule has 2 aromatic carbocycles. The van der Waals surface area contributed by atoms with Crippen molar-refractivity contribution in [1.29, 1.82) is 0 Å². The number of carbonyl (C=O) groups is 1. The van der Waals surface area contributed by atoms with Crippen LogP contribution in [-0.4, -0.2) is 27.8 Å². The van der Waals surface area contributed by atoms with Gasteiger partial charge in [0.2, 0.25) is 11.8 Å². The Kier molecular flexibility index (Phi) is 7.22. The Hall–Kier alpha value is -4.13. The molecule has 0 atom stereocenters. The number of aryl methyl sites for hydroxylation is 2. The largest absolute Gasteiger partial charge is 0.497 e. The van der Waals surface area contributed by atoms with E-state index in [1.807, 2.05) is 80.6 Å². The predicted molar refractivity (Wildman–Crippen MR) is 131 cm³/mol. The first kappa shape index (κ1) is 23.0. The first-order valence-electron chi connectivity index (χ1n) is 11.2. The van der Waals surface area contributed by atoms with Crippen LogP contribution in [0.2, 0.25) is 0 Å². The SMILES string of the molecule is COc1ccc(-n2nc(C)c(CCC(=O)NCc3ccccn3)c2Oc2cccc(C)c2)cc1. The molecule has 2 aromatic heterocycles. The molecular formula is C27H28N4O3. The van der Waals surface area contributed by atoms with Gasteiger partial charge in [0.1, 0.15) is 11.5 Å². The number of hydrogen-bond donors (Lipinski definition) is 1. The van der Waals surface area contributed by atoms with Crippen molar-refractivity contribution in [3.8, 4) is 23.1 Å². The highest BCUT2D eigenvalue weighted by atomic mass is 16.5. The number of nitrogens with zero attached hydrogens (tertiary/aromatic N) is 3. The third-order valence-electron chi connectivity index (χ3n) is 5.45. The highest BCUT2D eigenvalue weighted by Gasteiger charge is 2.20. The van der Waals surface area contributed by atoms with Crippen LogP contribution in [0, 0.1) is 13.8 Å². The van der Waals surface area contributed by atoms with Crippen molar-refractivity contribution in [3.63, 3.8) is 0 Å². The van der Waals surface area contributed by atoms with Crippen LogP contribution in [0.3, 0.4) is 0 Å². The number of benzene rings is 2. The second kappa shape index (κ2) is 10.7. The number of rotatable bonds is 9. The molecule has 174 valence electrons. The fourth-order valence-electron chi connectivity index (χ4n) is 3.64. The Bertz CT molecular complexity index is 1250. The molecule has 1 N–H and O–H groups in total. The lowest BCUT2D eigenvalue weighted by atomic mass is 10.1. The number of nitrogens with one attached hydrogen (secondary N) is 1. The van der Waals surface area contributed by atoms with E-state index in [2.05, 4.69) is 10.3 Å². The van der Waals surface area contributed by atoms with Gasteiger partial charge in [0.15, 0.2) is 0 Å². The zero-order valence-corrected chi connectivity index (χ0v) is 19.6. The summed E-state index contributed by atoms with van der Waals surface area (Å²) in [4.78, 5) is 16.8. The molecule has 0 aliphatic heterocycles. The van der Waals surface area contributed by atoms with Crippen molar-refractivity contribution in [1.82, 2.24) is 20.1 Å². The van der Waals surface area contributed by atoms with Crippen LogP contribution in [0.25, 0.3) is 5.69 Å². The molecule has 0 saturated carbocycles. The van der Waals surface area contributed by atoms with Gasteiger partial charge in [0.25, 0.3) is 0 Å². The molecule has 0 bridgehead atoms. The minimum atomic E-state index is -0.0521. The number of ether oxygens (including phenoxy) is 2. The second-order valence-corrected chi connectivity index (χ2v) is 8.00. The fraction of sp³-hybridized carbons (Fsp3) is 0.222. The smallest absolute Gasteiger partial charge is 0.226 e. The van der Waals surface area contributed by atoms with Crippen LogP contribution in [0.4, 0.5) is 0 Å². The first-order valence-corrected chi connectivity index (χ1v) is 11.2. The summed E-state index contributed by atoms with van der Waals surface area (Å²) in [5, 5.41) is 7.67. The summed E-state index contributed by atoms with van der Waals surface area (Å²) in [7, 11) is 1.64. The average Bonchev–Trinajstić information content (AvgIpc) is 3.16. The van der Waals surface area contributed by atoms with Gasteiger partial charge >= 0.3 is 0 Å². The summed E-state index contributed by atoms with van der Waals surface area (Å²) < 4.78 is 13.4. The first-order chi connectivity index (χ1) is 16.5. The van der Waals surface area contributed by atoms with Crippen LogP contribution in [0.1, 0.15) is 28.9 Å². The second-order valence-electron chi connectivity index (χ2n) is 8.00. The van der Waals surface area contributed by atoms with Crippen molar-refractivity contribution in [2.24, 2.45) is 0 Å². The maximum absolute atomic E-state index is 12.5. The van der Waals surface area contributed by atoms with Gasteiger partial charge in [-0.1, -0.05) is 18.2 Å². The molecule has 7 heteroatoms. The molecule has 34 heavy (non-hydrogen) atoms. The van der Waals surface area contributed by atoms with Crippen molar-refractivity contribution < 1.29 is 14.3 Å². The van der Waals surface area contributed by atoms with E-state index in [0.717, 1.165) is 39.7 Å². The Labute approximate surface area is 199 Å². The molecule has 2 heterocycles. The Morgan fingerprint density at radius 3 is 2.53 bits per heavy atom. The zero-order chi connectivity index (χ0) is 23.9. The van der Waals surface area contributed by atoms with Crippen LogP contribution >= 0.6 is 0 Å². The summed E-state index contributed by atoms with van der Waals surface area (Å²) >= 11 is 0. The summed E-state index contributed by atoms with van der Waals surface area (Å²) in [5.41, 5.74) is 4.47. The quantitative estimate of drug-likeness (QED) is 0.386. The lowest BCUT2D eigenvalue weighted by Gasteiger charge is -2.12. The standard InChI is InChI=1S/C27H28N4O3/c1-19-7-6-9-24(17-19)34-27-25(14-15-26(32)29-18-21-8-4-5-16-28-21)20(2)30-31(27)22-10-12-23(33-3)13-11-22/h4-13,16-17H,14-15,18H2,1-3H3,(H,29,32). The number of methoxy groups -OCH3 is 1. The molecule has 4 aromatic rings. The van der Waals surface area contributed by atoms with Crippen LogP contribution < -0.4 is 14.8 Å². The van der Waals surface area contributed by atoms with Gasteiger partial charge < -0.3 is 14.8 Å². The molecule has 1 amide bonds. The number of hydrogen-bond acceptors (Lipinski definition) is 5. The highest BCUT2D eigenvalue weighted by molar-refractivity contribution is 5.76. The van der Waals surface area contributed by atoms with Gasteiger partial charge in [-0.05, 0) is 74.4 Å². The minimum absolute atomic E-state index is 0.0521. The van der Waals surface area contributed by atoms with Gasteiger partial charge in [0.05, 0.1) is 30.7 Å². The molecule has 0 aliphatic carbocycles. The molecule has 0 radical (unpaired) electrons.